The number of hydrogen-bond donors (Lipinski definition) is 2. The van der Waals surface area contributed by atoms with E-state index in [0.29, 0.717) is 41.9 Å². The molecule has 0 amide bonds. The van der Waals surface area contributed by atoms with Crippen molar-refractivity contribution in [1.29, 1.82) is 0 Å². The normalized spacial score (nSPS) is 20.8. The van der Waals surface area contributed by atoms with Crippen LogP contribution in [0.3, 0.4) is 0 Å². The van der Waals surface area contributed by atoms with Gasteiger partial charge in [0.2, 0.25) is 10.0 Å². The molecule has 12 heteroatoms. The monoisotopic (exact) mass is 439 g/mol. The molecule has 0 unspecified atom stereocenters. The summed E-state index contributed by atoms with van der Waals surface area (Å²) in [7, 11) is -3.49. The summed E-state index contributed by atoms with van der Waals surface area (Å²) < 4.78 is 39.9. The molecular weight excluding hydrogens is 421 g/mol. The average molecular weight is 440 g/mol. The third-order valence-corrected chi connectivity index (χ3v) is 7.15. The van der Waals surface area contributed by atoms with Gasteiger partial charge in [-0.3, -0.25) is 0 Å². The molecular formula is C17H19ClFN7O2S. The Morgan fingerprint density at radius 3 is 2.83 bits per heavy atom. The predicted octanol–water partition coefficient (Wildman–Crippen LogP) is 2.34. The van der Waals surface area contributed by atoms with Crippen LogP contribution < -0.4 is 0 Å². The van der Waals surface area contributed by atoms with Crippen LogP contribution in [0.4, 0.5) is 4.39 Å². The van der Waals surface area contributed by atoms with Gasteiger partial charge in [-0.2, -0.15) is 15.4 Å². The van der Waals surface area contributed by atoms with Gasteiger partial charge in [-0.15, -0.1) is 0 Å². The molecule has 3 aromatic heterocycles. The van der Waals surface area contributed by atoms with Crippen molar-refractivity contribution in [3.05, 3.63) is 46.9 Å². The fraction of sp³-hybridized carbons (Fsp3) is 0.412. The van der Waals surface area contributed by atoms with Crippen molar-refractivity contribution >= 4 is 21.6 Å². The van der Waals surface area contributed by atoms with Crippen LogP contribution in [-0.4, -0.2) is 56.2 Å². The number of nitrogens with one attached hydrogen (secondary N) is 2. The SMILES string of the molecule is C[C@H]1CN(S(=O)(=O)Cc2cn[nH]n2)CC[C@H]1c1[nH]c(-c2ccc(F)cn2)nc1Cl. The predicted molar refractivity (Wildman–Crippen MR) is 104 cm³/mol. The van der Waals surface area contributed by atoms with E-state index >= 15 is 0 Å². The van der Waals surface area contributed by atoms with Crippen molar-refractivity contribution in [3.63, 3.8) is 0 Å². The highest BCUT2D eigenvalue weighted by Gasteiger charge is 2.35. The van der Waals surface area contributed by atoms with Gasteiger partial charge in [-0.1, -0.05) is 18.5 Å². The van der Waals surface area contributed by atoms with E-state index in [1.807, 2.05) is 6.92 Å². The van der Waals surface area contributed by atoms with Crippen molar-refractivity contribution < 1.29 is 12.8 Å². The second kappa shape index (κ2) is 7.81. The van der Waals surface area contributed by atoms with Crippen LogP contribution >= 0.6 is 11.6 Å². The maximum absolute atomic E-state index is 13.1. The van der Waals surface area contributed by atoms with Crippen LogP contribution in [0.5, 0.6) is 0 Å². The van der Waals surface area contributed by atoms with Gasteiger partial charge in [0.15, 0.2) is 11.0 Å². The van der Waals surface area contributed by atoms with Crippen molar-refractivity contribution in [1.82, 2.24) is 34.7 Å². The molecule has 3 aromatic rings. The first-order valence-corrected chi connectivity index (χ1v) is 11.0. The molecule has 0 radical (unpaired) electrons. The van der Waals surface area contributed by atoms with Crippen LogP contribution in [0.15, 0.2) is 24.5 Å². The van der Waals surface area contributed by atoms with Crippen LogP contribution in [0.1, 0.15) is 30.7 Å². The lowest BCUT2D eigenvalue weighted by Crippen LogP contribution is -2.42. The highest BCUT2D eigenvalue weighted by Crippen LogP contribution is 2.37. The quantitative estimate of drug-likeness (QED) is 0.629. The number of aromatic nitrogens is 6. The topological polar surface area (TPSA) is 121 Å². The molecule has 1 fully saturated rings. The molecule has 1 aliphatic rings. The Balaban J connectivity index is 1.50. The Bertz CT molecular complexity index is 1090. The molecule has 1 aliphatic heterocycles. The van der Waals surface area contributed by atoms with E-state index < -0.39 is 15.8 Å². The number of imidazole rings is 1. The number of nitrogens with zero attached hydrogens (tertiary/aromatic N) is 5. The summed E-state index contributed by atoms with van der Waals surface area (Å²) >= 11 is 6.35. The minimum Gasteiger partial charge on any atom is -0.339 e. The number of pyridine rings is 1. The summed E-state index contributed by atoms with van der Waals surface area (Å²) in [4.78, 5) is 11.5. The summed E-state index contributed by atoms with van der Waals surface area (Å²) in [5.74, 6) is -0.130. The lowest BCUT2D eigenvalue weighted by atomic mass is 9.86. The number of hydrogen-bond acceptors (Lipinski definition) is 6. The standard InChI is InChI=1S/C17H19ClFN7O2S/c1-10-8-26(29(27,28)9-12-7-21-25-24-12)5-4-13(10)15-16(18)23-17(22-15)14-3-2-11(19)6-20-14/h2-3,6-7,10,13H,4-5,8-9H2,1H3,(H,22,23)(H,21,24,25)/t10-,13+/m0/s1. The molecule has 0 bridgehead atoms. The van der Waals surface area contributed by atoms with E-state index in [9.17, 15) is 12.8 Å². The summed E-state index contributed by atoms with van der Waals surface area (Å²) in [6.45, 7) is 2.72. The van der Waals surface area contributed by atoms with Gasteiger partial charge in [-0.25, -0.2) is 27.1 Å². The van der Waals surface area contributed by atoms with Crippen LogP contribution in [0, 0.1) is 11.7 Å². The van der Waals surface area contributed by atoms with Gasteiger partial charge in [-0.05, 0) is 24.5 Å². The number of sulfonamides is 1. The molecule has 0 aromatic carbocycles. The molecule has 154 valence electrons. The lowest BCUT2D eigenvalue weighted by Gasteiger charge is -2.35. The van der Waals surface area contributed by atoms with E-state index in [1.165, 1.54) is 22.6 Å². The zero-order valence-corrected chi connectivity index (χ0v) is 17.1. The highest BCUT2D eigenvalue weighted by atomic mass is 35.5. The van der Waals surface area contributed by atoms with Crippen LogP contribution in [0.25, 0.3) is 11.5 Å². The number of aromatic amines is 2. The molecule has 4 heterocycles. The molecule has 2 N–H and O–H groups in total. The number of H-pyrrole nitrogens is 2. The molecule has 0 spiro atoms. The highest BCUT2D eigenvalue weighted by molar-refractivity contribution is 7.88. The second-order valence-corrected chi connectivity index (χ2v) is 9.43. The van der Waals surface area contributed by atoms with Crippen LogP contribution in [0.2, 0.25) is 5.15 Å². The van der Waals surface area contributed by atoms with E-state index in [0.717, 1.165) is 11.9 Å². The number of halogens is 2. The average Bonchev–Trinajstić information content (AvgIpc) is 3.31. The van der Waals surface area contributed by atoms with Crippen molar-refractivity contribution in [3.8, 4) is 11.5 Å². The van der Waals surface area contributed by atoms with Gasteiger partial charge >= 0.3 is 0 Å². The Labute approximate surface area is 171 Å². The first-order chi connectivity index (χ1) is 13.8. The smallest absolute Gasteiger partial charge is 0.219 e. The van der Waals surface area contributed by atoms with E-state index in [1.54, 1.807) is 0 Å². The minimum absolute atomic E-state index is 0.0164. The van der Waals surface area contributed by atoms with Gasteiger partial charge in [0.1, 0.15) is 17.3 Å². The second-order valence-electron chi connectivity index (χ2n) is 7.10. The van der Waals surface area contributed by atoms with E-state index in [4.69, 9.17) is 11.6 Å². The Morgan fingerprint density at radius 2 is 2.17 bits per heavy atom. The van der Waals surface area contributed by atoms with Gasteiger partial charge < -0.3 is 4.98 Å². The molecule has 0 aliphatic carbocycles. The van der Waals surface area contributed by atoms with Crippen molar-refractivity contribution in [2.45, 2.75) is 25.0 Å². The first-order valence-electron chi connectivity index (χ1n) is 9.03. The Morgan fingerprint density at radius 1 is 1.34 bits per heavy atom. The largest absolute Gasteiger partial charge is 0.339 e. The van der Waals surface area contributed by atoms with Crippen molar-refractivity contribution in [2.24, 2.45) is 5.92 Å². The third-order valence-electron chi connectivity index (χ3n) is 5.08. The molecule has 9 nitrogen and oxygen atoms in total. The van der Waals surface area contributed by atoms with Gasteiger partial charge in [0.25, 0.3) is 0 Å². The number of rotatable bonds is 5. The third kappa shape index (κ3) is 4.16. The molecule has 0 saturated carbocycles. The molecule has 2 atom stereocenters. The van der Waals surface area contributed by atoms with Crippen molar-refractivity contribution in [2.75, 3.05) is 13.1 Å². The summed E-state index contributed by atoms with van der Waals surface area (Å²) in [5, 5.41) is 10.2. The molecule has 29 heavy (non-hydrogen) atoms. The lowest BCUT2D eigenvalue weighted by molar-refractivity contribution is 0.246. The zero-order chi connectivity index (χ0) is 20.6. The Hall–Kier alpha value is -2.37. The minimum atomic E-state index is -3.49. The Kier molecular flexibility index (Phi) is 5.36. The van der Waals surface area contributed by atoms with E-state index in [2.05, 4.69) is 30.4 Å². The first kappa shape index (κ1) is 19.9. The van der Waals surface area contributed by atoms with Crippen LogP contribution in [-0.2, 0) is 15.8 Å². The van der Waals surface area contributed by atoms with Gasteiger partial charge in [0.05, 0.1) is 23.8 Å². The fourth-order valence-corrected chi connectivity index (χ4v) is 5.42. The maximum atomic E-state index is 13.1. The summed E-state index contributed by atoms with van der Waals surface area (Å²) in [5.41, 5.74) is 1.61. The zero-order valence-electron chi connectivity index (χ0n) is 15.5. The summed E-state index contributed by atoms with van der Waals surface area (Å²) in [6.07, 6.45) is 3.12. The van der Waals surface area contributed by atoms with E-state index in [-0.39, 0.29) is 17.6 Å². The summed E-state index contributed by atoms with van der Waals surface area (Å²) in [6, 6.07) is 2.83. The molecule has 1 saturated heterocycles. The number of piperidine rings is 1. The molecule has 4 rings (SSSR count). The maximum Gasteiger partial charge on any atom is 0.219 e. The van der Waals surface area contributed by atoms with Gasteiger partial charge in [0, 0.05) is 19.0 Å². The fourth-order valence-electron chi connectivity index (χ4n) is 3.61.